The number of hydrogen-bond acceptors (Lipinski definition) is 4. The van der Waals surface area contributed by atoms with Crippen LogP contribution in [0.5, 0.6) is 0 Å². The molecular formula is C15H21N3S. The average molecular weight is 275 g/mol. The van der Waals surface area contributed by atoms with Crippen molar-refractivity contribution in [3.63, 3.8) is 0 Å². The molecule has 2 aromatic rings. The summed E-state index contributed by atoms with van der Waals surface area (Å²) in [6, 6.07) is 10.5. The van der Waals surface area contributed by atoms with Gasteiger partial charge in [0.1, 0.15) is 10.0 Å². The van der Waals surface area contributed by atoms with Crippen LogP contribution in [0, 0.1) is 0 Å². The minimum absolute atomic E-state index is 0.330. The summed E-state index contributed by atoms with van der Waals surface area (Å²) in [6.07, 6.45) is 2.14. The summed E-state index contributed by atoms with van der Waals surface area (Å²) < 4.78 is 0. The van der Waals surface area contributed by atoms with Crippen LogP contribution in [0.1, 0.15) is 41.8 Å². The van der Waals surface area contributed by atoms with Gasteiger partial charge >= 0.3 is 0 Å². The zero-order valence-corrected chi connectivity index (χ0v) is 12.4. The van der Waals surface area contributed by atoms with Crippen LogP contribution in [-0.2, 0) is 6.42 Å². The highest BCUT2D eigenvalue weighted by atomic mass is 32.1. The molecule has 0 amide bonds. The topological polar surface area (TPSA) is 37.8 Å². The van der Waals surface area contributed by atoms with E-state index in [0.717, 1.165) is 29.5 Å². The molecule has 0 bridgehead atoms. The summed E-state index contributed by atoms with van der Waals surface area (Å²) in [5.41, 5.74) is 1.30. The second kappa shape index (κ2) is 7.36. The van der Waals surface area contributed by atoms with Gasteiger partial charge in [-0.05, 0) is 18.5 Å². The molecule has 19 heavy (non-hydrogen) atoms. The zero-order chi connectivity index (χ0) is 13.5. The molecule has 1 heterocycles. The van der Waals surface area contributed by atoms with Crippen LogP contribution in [-0.4, -0.2) is 23.3 Å². The molecule has 102 valence electrons. The van der Waals surface area contributed by atoms with Gasteiger partial charge in [-0.25, -0.2) is 0 Å². The van der Waals surface area contributed by atoms with Crippen LogP contribution >= 0.6 is 11.3 Å². The number of nitrogens with zero attached hydrogens (tertiary/aromatic N) is 2. The minimum Gasteiger partial charge on any atom is -0.316 e. The summed E-state index contributed by atoms with van der Waals surface area (Å²) in [5.74, 6) is 0.330. The molecule has 0 aliphatic heterocycles. The van der Waals surface area contributed by atoms with Crippen molar-refractivity contribution >= 4 is 11.3 Å². The van der Waals surface area contributed by atoms with Crippen LogP contribution in [0.2, 0.25) is 0 Å². The van der Waals surface area contributed by atoms with E-state index in [0.29, 0.717) is 5.92 Å². The number of benzene rings is 1. The van der Waals surface area contributed by atoms with E-state index >= 15 is 0 Å². The molecule has 2 rings (SSSR count). The van der Waals surface area contributed by atoms with Gasteiger partial charge in [0.05, 0.1) is 0 Å². The van der Waals surface area contributed by atoms with Gasteiger partial charge in [0.2, 0.25) is 0 Å². The molecule has 0 aliphatic carbocycles. The smallest absolute Gasteiger partial charge is 0.124 e. The monoisotopic (exact) mass is 275 g/mol. The van der Waals surface area contributed by atoms with Gasteiger partial charge in [0.25, 0.3) is 0 Å². The average Bonchev–Trinajstić information content (AvgIpc) is 2.92. The summed E-state index contributed by atoms with van der Waals surface area (Å²) in [5, 5.41) is 14.2. The van der Waals surface area contributed by atoms with Gasteiger partial charge in [-0.3, -0.25) is 0 Å². The van der Waals surface area contributed by atoms with E-state index in [2.05, 4.69) is 53.6 Å². The first kappa shape index (κ1) is 14.2. The van der Waals surface area contributed by atoms with Crippen molar-refractivity contribution < 1.29 is 0 Å². The van der Waals surface area contributed by atoms with Gasteiger partial charge in [0.15, 0.2) is 0 Å². The second-order valence-electron chi connectivity index (χ2n) is 4.67. The van der Waals surface area contributed by atoms with Gasteiger partial charge < -0.3 is 5.32 Å². The third-order valence-corrected chi connectivity index (χ3v) is 4.26. The SMILES string of the molecule is CCCNCCc1nnc(C(C)c2ccccc2)s1. The highest BCUT2D eigenvalue weighted by molar-refractivity contribution is 7.11. The summed E-state index contributed by atoms with van der Waals surface area (Å²) >= 11 is 1.73. The van der Waals surface area contributed by atoms with Gasteiger partial charge in [-0.2, -0.15) is 0 Å². The minimum atomic E-state index is 0.330. The summed E-state index contributed by atoms with van der Waals surface area (Å²) in [4.78, 5) is 0. The standard InChI is InChI=1S/C15H21N3S/c1-3-10-16-11-9-14-17-18-15(19-14)12(2)13-7-5-4-6-8-13/h4-8,12,16H,3,9-11H2,1-2H3. The molecule has 3 nitrogen and oxygen atoms in total. The maximum absolute atomic E-state index is 4.33. The Kier molecular flexibility index (Phi) is 5.48. The van der Waals surface area contributed by atoms with Crippen molar-refractivity contribution in [2.45, 2.75) is 32.6 Å². The van der Waals surface area contributed by atoms with Crippen LogP contribution in [0.3, 0.4) is 0 Å². The molecule has 0 saturated heterocycles. The lowest BCUT2D eigenvalue weighted by Gasteiger charge is -2.06. The fourth-order valence-corrected chi connectivity index (χ4v) is 2.85. The van der Waals surface area contributed by atoms with Crippen molar-refractivity contribution in [2.24, 2.45) is 0 Å². The Hall–Kier alpha value is -1.26. The van der Waals surface area contributed by atoms with Crippen molar-refractivity contribution in [2.75, 3.05) is 13.1 Å². The predicted molar refractivity (Wildman–Crippen MR) is 80.7 cm³/mol. The van der Waals surface area contributed by atoms with E-state index in [4.69, 9.17) is 0 Å². The molecule has 1 aromatic heterocycles. The first-order valence-corrected chi connectivity index (χ1v) is 7.71. The Morgan fingerprint density at radius 1 is 1.16 bits per heavy atom. The third-order valence-electron chi connectivity index (χ3n) is 3.09. The number of nitrogens with one attached hydrogen (secondary N) is 1. The van der Waals surface area contributed by atoms with Gasteiger partial charge in [-0.15, -0.1) is 21.5 Å². The van der Waals surface area contributed by atoms with Crippen molar-refractivity contribution in [1.82, 2.24) is 15.5 Å². The predicted octanol–water partition coefficient (Wildman–Crippen LogP) is 3.23. The Morgan fingerprint density at radius 3 is 2.68 bits per heavy atom. The zero-order valence-electron chi connectivity index (χ0n) is 11.6. The van der Waals surface area contributed by atoms with E-state index in [9.17, 15) is 0 Å². The molecular weight excluding hydrogens is 254 g/mol. The molecule has 0 radical (unpaired) electrons. The van der Waals surface area contributed by atoms with Crippen molar-refractivity contribution in [1.29, 1.82) is 0 Å². The first-order chi connectivity index (χ1) is 9.31. The maximum Gasteiger partial charge on any atom is 0.124 e. The summed E-state index contributed by atoms with van der Waals surface area (Å²) in [6.45, 7) is 6.43. The number of rotatable bonds is 7. The Morgan fingerprint density at radius 2 is 1.95 bits per heavy atom. The van der Waals surface area contributed by atoms with Crippen LogP contribution < -0.4 is 5.32 Å². The quantitative estimate of drug-likeness (QED) is 0.788. The molecule has 0 saturated carbocycles. The van der Waals surface area contributed by atoms with Gasteiger partial charge in [-0.1, -0.05) is 44.2 Å². The molecule has 1 N–H and O–H groups in total. The molecule has 4 heteroatoms. The van der Waals surface area contributed by atoms with E-state index in [1.54, 1.807) is 11.3 Å². The largest absolute Gasteiger partial charge is 0.316 e. The second-order valence-corrected chi connectivity index (χ2v) is 5.76. The summed E-state index contributed by atoms with van der Waals surface area (Å²) in [7, 11) is 0. The lowest BCUT2D eigenvalue weighted by molar-refractivity contribution is 0.667. The Balaban J connectivity index is 1.93. The maximum atomic E-state index is 4.33. The Labute approximate surface area is 119 Å². The molecule has 1 aromatic carbocycles. The normalized spacial score (nSPS) is 12.5. The third kappa shape index (κ3) is 4.11. The van der Waals surface area contributed by atoms with Crippen LogP contribution in [0.15, 0.2) is 30.3 Å². The highest BCUT2D eigenvalue weighted by Crippen LogP contribution is 2.26. The molecule has 1 unspecified atom stereocenters. The van der Waals surface area contributed by atoms with Crippen LogP contribution in [0.25, 0.3) is 0 Å². The fraction of sp³-hybridized carbons (Fsp3) is 0.467. The van der Waals surface area contributed by atoms with Crippen LogP contribution in [0.4, 0.5) is 0 Å². The molecule has 0 fully saturated rings. The van der Waals surface area contributed by atoms with Crippen molar-refractivity contribution in [3.8, 4) is 0 Å². The highest BCUT2D eigenvalue weighted by Gasteiger charge is 2.13. The Bertz CT molecular complexity index is 481. The molecule has 0 aliphatic rings. The fourth-order valence-electron chi connectivity index (χ4n) is 1.92. The lowest BCUT2D eigenvalue weighted by atomic mass is 10.0. The van der Waals surface area contributed by atoms with E-state index in [-0.39, 0.29) is 0 Å². The lowest BCUT2D eigenvalue weighted by Crippen LogP contribution is -2.17. The van der Waals surface area contributed by atoms with E-state index < -0.39 is 0 Å². The molecule has 0 spiro atoms. The van der Waals surface area contributed by atoms with E-state index in [1.165, 1.54) is 12.0 Å². The number of hydrogen-bond donors (Lipinski definition) is 1. The molecule has 1 atom stereocenters. The van der Waals surface area contributed by atoms with Gasteiger partial charge in [0, 0.05) is 18.9 Å². The van der Waals surface area contributed by atoms with E-state index in [1.807, 2.05) is 6.07 Å². The number of aromatic nitrogens is 2. The first-order valence-electron chi connectivity index (χ1n) is 6.89. The van der Waals surface area contributed by atoms with Crippen molar-refractivity contribution in [3.05, 3.63) is 45.9 Å².